The minimum absolute atomic E-state index is 0. The quantitative estimate of drug-likeness (QED) is 0.375. The molecule has 0 aliphatic rings. The molecule has 0 radical (unpaired) electrons. The van der Waals surface area contributed by atoms with Gasteiger partial charge in [-0.25, -0.2) is 4.39 Å². The predicted molar refractivity (Wildman–Crippen MR) is 75.6 cm³/mol. The van der Waals surface area contributed by atoms with Crippen LogP contribution in [0.5, 0.6) is 0 Å². The van der Waals surface area contributed by atoms with E-state index in [0.29, 0.717) is 18.8 Å². The summed E-state index contributed by atoms with van der Waals surface area (Å²) in [5.74, 6) is -0.841. The van der Waals surface area contributed by atoms with Crippen molar-refractivity contribution in [1.29, 1.82) is 0 Å². The predicted octanol–water partition coefficient (Wildman–Crippen LogP) is 1.30. The highest BCUT2D eigenvalue weighted by Gasteiger charge is 2.32. The number of rotatable bonds is 7. The summed E-state index contributed by atoms with van der Waals surface area (Å²) < 4.78 is 12.4. The molecule has 0 saturated carbocycles. The van der Waals surface area contributed by atoms with Crippen LogP contribution in [0.15, 0.2) is 17.1 Å². The first-order valence-electron chi connectivity index (χ1n) is 4.92. The van der Waals surface area contributed by atoms with E-state index in [4.69, 9.17) is 16.6 Å². The van der Waals surface area contributed by atoms with E-state index in [1.165, 1.54) is 0 Å². The van der Waals surface area contributed by atoms with Gasteiger partial charge in [-0.1, -0.05) is 12.2 Å². The smallest absolute Gasteiger partial charge is 0.326 e. The van der Waals surface area contributed by atoms with E-state index < -0.39 is 18.2 Å². The van der Waals surface area contributed by atoms with E-state index in [1.54, 1.807) is 19.1 Å². The molecule has 0 aliphatic carbocycles. The van der Waals surface area contributed by atoms with Crippen molar-refractivity contribution in [3.8, 4) is 0 Å². The monoisotopic (exact) mass is 303 g/mol. The summed E-state index contributed by atoms with van der Waals surface area (Å²) in [6.45, 7) is 1.03. The molecule has 1 atom stereocenters. The zero-order chi connectivity index (χ0) is 12.6. The van der Waals surface area contributed by atoms with E-state index in [1.807, 2.05) is 0 Å². The maximum atomic E-state index is 12.4. The number of carboxylic acids is 1. The van der Waals surface area contributed by atoms with E-state index in [2.05, 4.69) is 4.99 Å². The highest BCUT2D eigenvalue weighted by Crippen LogP contribution is 2.11. The zero-order valence-electron chi connectivity index (χ0n) is 10.1. The molecule has 0 saturated heterocycles. The van der Waals surface area contributed by atoms with Crippen LogP contribution >= 0.6 is 24.8 Å². The van der Waals surface area contributed by atoms with Gasteiger partial charge in [0.2, 0.25) is 0 Å². The lowest BCUT2D eigenvalue weighted by atomic mass is 9.96. The van der Waals surface area contributed by atoms with Gasteiger partial charge in [0.15, 0.2) is 0 Å². The molecule has 108 valence electrons. The van der Waals surface area contributed by atoms with E-state index >= 15 is 0 Å². The van der Waals surface area contributed by atoms with Crippen molar-refractivity contribution in [2.24, 2.45) is 16.5 Å². The van der Waals surface area contributed by atoms with Gasteiger partial charge in [-0.05, 0) is 19.8 Å². The van der Waals surface area contributed by atoms with Gasteiger partial charge in [0.1, 0.15) is 12.2 Å². The second-order valence-electron chi connectivity index (χ2n) is 3.59. The number of nitrogens with two attached hydrogens (primary N) is 2. The van der Waals surface area contributed by atoms with Crippen molar-refractivity contribution in [2.75, 3.05) is 13.2 Å². The third-order valence-electron chi connectivity index (χ3n) is 2.03. The SMILES string of the molecule is CC(N)=NC/C=C\CC[C@](N)(CF)C(=O)O.Cl.Cl. The van der Waals surface area contributed by atoms with Gasteiger partial charge in [-0.3, -0.25) is 9.79 Å². The summed E-state index contributed by atoms with van der Waals surface area (Å²) in [5.41, 5.74) is 8.87. The van der Waals surface area contributed by atoms with Crippen LogP contribution in [0.1, 0.15) is 19.8 Å². The molecule has 8 heteroatoms. The van der Waals surface area contributed by atoms with Gasteiger partial charge in [-0.2, -0.15) is 0 Å². The molecule has 5 nitrogen and oxygen atoms in total. The van der Waals surface area contributed by atoms with Crippen molar-refractivity contribution in [3.05, 3.63) is 12.2 Å². The molecular weight excluding hydrogens is 284 g/mol. The first-order valence-corrected chi connectivity index (χ1v) is 4.92. The van der Waals surface area contributed by atoms with Crippen molar-refractivity contribution >= 4 is 36.6 Å². The van der Waals surface area contributed by atoms with Crippen LogP contribution in [-0.2, 0) is 4.79 Å². The fourth-order valence-corrected chi connectivity index (χ4v) is 0.961. The third kappa shape index (κ3) is 9.21. The molecule has 0 spiro atoms. The van der Waals surface area contributed by atoms with Crippen LogP contribution in [0.2, 0.25) is 0 Å². The number of aliphatic carboxylic acids is 1. The van der Waals surface area contributed by atoms with Crippen molar-refractivity contribution in [3.63, 3.8) is 0 Å². The molecule has 0 aromatic heterocycles. The highest BCUT2D eigenvalue weighted by atomic mass is 35.5. The standard InChI is InChI=1S/C10H18FN3O2.2ClH/c1-8(12)14-6-4-2-3-5-10(13,7-11)9(15)16;;/h2,4H,3,5-7,13H2,1H3,(H2,12,14)(H,15,16);2*1H/b4-2-;;/t10-;;/m0../s1. The van der Waals surface area contributed by atoms with Crippen molar-refractivity contribution < 1.29 is 14.3 Å². The average Bonchev–Trinajstić information content (AvgIpc) is 2.22. The maximum Gasteiger partial charge on any atom is 0.326 e. The van der Waals surface area contributed by atoms with Crippen LogP contribution in [0.4, 0.5) is 4.39 Å². The molecule has 0 heterocycles. The molecule has 0 amide bonds. The van der Waals surface area contributed by atoms with Gasteiger partial charge < -0.3 is 16.6 Å². The number of hydrogen-bond acceptors (Lipinski definition) is 3. The van der Waals surface area contributed by atoms with Crippen LogP contribution in [-0.4, -0.2) is 35.7 Å². The molecule has 5 N–H and O–H groups in total. The maximum absolute atomic E-state index is 12.4. The minimum Gasteiger partial charge on any atom is -0.480 e. The number of carboxylic acid groups (broad SMARTS) is 1. The number of nitrogens with zero attached hydrogens (tertiary/aromatic N) is 1. The van der Waals surface area contributed by atoms with Crippen LogP contribution < -0.4 is 11.5 Å². The first-order chi connectivity index (χ1) is 7.42. The second-order valence-corrected chi connectivity index (χ2v) is 3.59. The Labute approximate surface area is 118 Å². The number of allylic oxidation sites excluding steroid dienone is 1. The molecular formula is C10H20Cl2FN3O2. The summed E-state index contributed by atoms with van der Waals surface area (Å²) in [7, 11) is 0. The molecule has 0 aliphatic heterocycles. The van der Waals surface area contributed by atoms with Gasteiger partial charge in [-0.15, -0.1) is 24.8 Å². The Morgan fingerprint density at radius 2 is 2.00 bits per heavy atom. The number of aliphatic imine (C=N–C) groups is 1. The highest BCUT2D eigenvalue weighted by molar-refractivity contribution is 5.85. The van der Waals surface area contributed by atoms with Crippen molar-refractivity contribution in [1.82, 2.24) is 0 Å². The zero-order valence-corrected chi connectivity index (χ0v) is 11.8. The van der Waals surface area contributed by atoms with Gasteiger partial charge in [0.05, 0.1) is 12.4 Å². The third-order valence-corrected chi connectivity index (χ3v) is 2.03. The Bertz CT molecular complexity index is 297. The van der Waals surface area contributed by atoms with Crippen molar-refractivity contribution in [2.45, 2.75) is 25.3 Å². The largest absolute Gasteiger partial charge is 0.480 e. The van der Waals surface area contributed by atoms with E-state index in [9.17, 15) is 9.18 Å². The molecule has 0 bridgehead atoms. The van der Waals surface area contributed by atoms with E-state index in [0.717, 1.165) is 0 Å². The fourth-order valence-electron chi connectivity index (χ4n) is 0.961. The average molecular weight is 304 g/mol. The summed E-state index contributed by atoms with van der Waals surface area (Å²) in [4.78, 5) is 14.5. The molecule has 0 rings (SSSR count). The van der Waals surface area contributed by atoms with Crippen LogP contribution in [0, 0.1) is 0 Å². The Kier molecular flexibility index (Phi) is 14.0. The van der Waals surface area contributed by atoms with Crippen LogP contribution in [0.3, 0.4) is 0 Å². The Hall–Kier alpha value is -0.850. The molecule has 0 aromatic rings. The molecule has 0 unspecified atom stereocenters. The number of carbonyl (C=O) groups is 1. The first kappa shape index (κ1) is 22.3. The summed E-state index contributed by atoms with van der Waals surface area (Å²) in [6, 6.07) is 0. The number of halogens is 3. The summed E-state index contributed by atoms with van der Waals surface area (Å²) in [5, 5.41) is 8.68. The van der Waals surface area contributed by atoms with Gasteiger partial charge in [0.25, 0.3) is 0 Å². The van der Waals surface area contributed by atoms with Gasteiger partial charge in [0, 0.05) is 0 Å². The Morgan fingerprint density at radius 3 is 2.39 bits per heavy atom. The lowest BCUT2D eigenvalue weighted by Crippen LogP contribution is -2.49. The normalized spacial score (nSPS) is 14.5. The number of amidine groups is 1. The lowest BCUT2D eigenvalue weighted by Gasteiger charge is -2.19. The molecule has 18 heavy (non-hydrogen) atoms. The fraction of sp³-hybridized carbons (Fsp3) is 0.600. The van der Waals surface area contributed by atoms with Crippen LogP contribution in [0.25, 0.3) is 0 Å². The minimum atomic E-state index is -1.78. The number of alkyl halides is 1. The Morgan fingerprint density at radius 1 is 1.44 bits per heavy atom. The molecule has 0 aromatic carbocycles. The number of hydrogen-bond donors (Lipinski definition) is 3. The topological polar surface area (TPSA) is 102 Å². The lowest BCUT2D eigenvalue weighted by molar-refractivity contribution is -0.144. The second kappa shape index (κ2) is 11.3. The van der Waals surface area contributed by atoms with Gasteiger partial charge >= 0.3 is 5.97 Å². The molecule has 0 fully saturated rings. The summed E-state index contributed by atoms with van der Waals surface area (Å²) >= 11 is 0. The summed E-state index contributed by atoms with van der Waals surface area (Å²) in [6.07, 6.45) is 3.90. The Balaban J connectivity index is -0.00000112. The van der Waals surface area contributed by atoms with E-state index in [-0.39, 0.29) is 31.2 Å².